The number of carbonyl (C=O) groups is 1. The van der Waals surface area contributed by atoms with E-state index in [-0.39, 0.29) is 11.4 Å². The molecule has 0 atom stereocenters. The predicted octanol–water partition coefficient (Wildman–Crippen LogP) is 9.61. The standard InChI is InChI=1S/C32H50O2/c1-3-5-10-26-11-15-27(16-12-26)28-17-21-30(22-18-28)34-31(33)32(23-7-6-8-24-32)29-19-13-25(9-4-2)14-20-29/h17-18,21-22,25-27,29H,3-16,19-20,23-24H2,1-2H3. The average Bonchev–Trinajstić information content (AvgIpc) is 2.89. The summed E-state index contributed by atoms with van der Waals surface area (Å²) in [6.07, 6.45) is 22.9. The largest absolute Gasteiger partial charge is 0.426 e. The van der Waals surface area contributed by atoms with E-state index in [4.69, 9.17) is 4.74 Å². The second-order valence-electron chi connectivity index (χ2n) is 12.0. The molecule has 0 spiro atoms. The quantitative estimate of drug-likeness (QED) is 0.267. The highest BCUT2D eigenvalue weighted by Gasteiger charge is 2.48. The third-order valence-corrected chi connectivity index (χ3v) is 9.85. The molecule has 4 rings (SSSR count). The lowest BCUT2D eigenvalue weighted by atomic mass is 9.60. The van der Waals surface area contributed by atoms with Crippen molar-refractivity contribution in [3.8, 4) is 5.75 Å². The van der Waals surface area contributed by atoms with Gasteiger partial charge in [0.05, 0.1) is 5.41 Å². The van der Waals surface area contributed by atoms with Gasteiger partial charge in [-0.15, -0.1) is 0 Å². The van der Waals surface area contributed by atoms with Gasteiger partial charge in [-0.1, -0.05) is 90.2 Å². The summed E-state index contributed by atoms with van der Waals surface area (Å²) in [6.45, 7) is 4.60. The molecule has 3 aliphatic rings. The molecule has 2 heteroatoms. The first-order chi connectivity index (χ1) is 16.6. The van der Waals surface area contributed by atoms with Crippen LogP contribution in [0.1, 0.15) is 141 Å². The Bertz CT molecular complexity index is 729. The Morgan fingerprint density at radius 2 is 1.41 bits per heavy atom. The van der Waals surface area contributed by atoms with Crippen molar-refractivity contribution in [2.45, 2.75) is 135 Å². The summed E-state index contributed by atoms with van der Waals surface area (Å²) in [5.41, 5.74) is 1.21. The maximum atomic E-state index is 13.7. The molecule has 3 fully saturated rings. The molecule has 3 aliphatic carbocycles. The van der Waals surface area contributed by atoms with Crippen LogP contribution in [0.4, 0.5) is 0 Å². The molecule has 0 saturated heterocycles. The highest BCUT2D eigenvalue weighted by atomic mass is 16.5. The van der Waals surface area contributed by atoms with Gasteiger partial charge in [0.2, 0.25) is 0 Å². The molecular weight excluding hydrogens is 416 g/mol. The number of unbranched alkanes of at least 4 members (excludes halogenated alkanes) is 1. The first-order valence-electron chi connectivity index (χ1n) is 15.0. The summed E-state index contributed by atoms with van der Waals surface area (Å²) in [6, 6.07) is 8.63. The van der Waals surface area contributed by atoms with Crippen LogP contribution in [0.2, 0.25) is 0 Å². The molecular formula is C32H50O2. The van der Waals surface area contributed by atoms with Gasteiger partial charge >= 0.3 is 5.97 Å². The van der Waals surface area contributed by atoms with E-state index in [0.29, 0.717) is 11.8 Å². The Balaban J connectivity index is 1.35. The zero-order valence-corrected chi connectivity index (χ0v) is 22.2. The van der Waals surface area contributed by atoms with Crippen molar-refractivity contribution in [1.82, 2.24) is 0 Å². The minimum Gasteiger partial charge on any atom is -0.426 e. The smallest absolute Gasteiger partial charge is 0.317 e. The third kappa shape index (κ3) is 6.27. The van der Waals surface area contributed by atoms with Crippen LogP contribution in [-0.2, 0) is 4.79 Å². The van der Waals surface area contributed by atoms with Crippen molar-refractivity contribution in [2.75, 3.05) is 0 Å². The SMILES string of the molecule is CCCCC1CCC(c2ccc(OC(=O)C3(C4CCC(CCC)CC4)CCCCC3)cc2)CC1. The van der Waals surface area contributed by atoms with Crippen LogP contribution in [0, 0.1) is 23.2 Å². The van der Waals surface area contributed by atoms with Gasteiger partial charge in [-0.25, -0.2) is 0 Å². The van der Waals surface area contributed by atoms with Gasteiger partial charge in [0, 0.05) is 0 Å². The predicted molar refractivity (Wildman–Crippen MR) is 142 cm³/mol. The van der Waals surface area contributed by atoms with Gasteiger partial charge < -0.3 is 4.74 Å². The molecule has 0 bridgehead atoms. The first kappa shape index (κ1) is 25.8. The fourth-order valence-corrected chi connectivity index (χ4v) is 7.67. The van der Waals surface area contributed by atoms with E-state index in [0.717, 1.165) is 30.4 Å². The Morgan fingerprint density at radius 3 is 2.03 bits per heavy atom. The summed E-state index contributed by atoms with van der Waals surface area (Å²) in [5, 5.41) is 0. The van der Waals surface area contributed by atoms with E-state index in [9.17, 15) is 4.79 Å². The van der Waals surface area contributed by atoms with Crippen LogP contribution < -0.4 is 4.74 Å². The molecule has 2 nitrogen and oxygen atoms in total. The van der Waals surface area contributed by atoms with E-state index < -0.39 is 0 Å². The van der Waals surface area contributed by atoms with Gasteiger partial charge in [-0.3, -0.25) is 4.79 Å². The minimum absolute atomic E-state index is 0.0790. The number of benzene rings is 1. The second kappa shape index (κ2) is 12.6. The van der Waals surface area contributed by atoms with Crippen LogP contribution in [0.3, 0.4) is 0 Å². The van der Waals surface area contributed by atoms with Crippen LogP contribution in [0.5, 0.6) is 5.75 Å². The third-order valence-electron chi connectivity index (χ3n) is 9.85. The van der Waals surface area contributed by atoms with Gasteiger partial charge in [0.15, 0.2) is 0 Å². The number of esters is 1. The zero-order chi connectivity index (χ0) is 23.8. The highest BCUT2D eigenvalue weighted by Crippen LogP contribution is 2.50. The number of hydrogen-bond donors (Lipinski definition) is 0. The minimum atomic E-state index is -0.231. The van der Waals surface area contributed by atoms with E-state index in [1.165, 1.54) is 108 Å². The Morgan fingerprint density at radius 1 is 0.794 bits per heavy atom. The van der Waals surface area contributed by atoms with Crippen LogP contribution in [0.15, 0.2) is 24.3 Å². The molecule has 0 radical (unpaired) electrons. The summed E-state index contributed by atoms with van der Waals surface area (Å²) < 4.78 is 6.15. The van der Waals surface area contributed by atoms with Gasteiger partial charge in [0.1, 0.15) is 5.75 Å². The molecule has 0 heterocycles. The number of ether oxygens (including phenoxy) is 1. The van der Waals surface area contributed by atoms with Crippen LogP contribution >= 0.6 is 0 Å². The van der Waals surface area contributed by atoms with Crippen molar-refractivity contribution in [3.05, 3.63) is 29.8 Å². The van der Waals surface area contributed by atoms with Crippen LogP contribution in [-0.4, -0.2) is 5.97 Å². The molecule has 0 N–H and O–H groups in total. The number of rotatable bonds is 9. The van der Waals surface area contributed by atoms with Gasteiger partial charge in [0.25, 0.3) is 0 Å². The van der Waals surface area contributed by atoms with Crippen molar-refractivity contribution in [2.24, 2.45) is 23.2 Å². The number of hydrogen-bond acceptors (Lipinski definition) is 2. The highest BCUT2D eigenvalue weighted by molar-refractivity contribution is 5.79. The molecule has 0 aromatic heterocycles. The van der Waals surface area contributed by atoms with Crippen molar-refractivity contribution < 1.29 is 9.53 Å². The lowest BCUT2D eigenvalue weighted by molar-refractivity contribution is -0.153. The van der Waals surface area contributed by atoms with Crippen molar-refractivity contribution in [1.29, 1.82) is 0 Å². The molecule has 0 aliphatic heterocycles. The Kier molecular flexibility index (Phi) is 9.54. The molecule has 190 valence electrons. The molecule has 1 aromatic rings. The van der Waals surface area contributed by atoms with Crippen molar-refractivity contribution in [3.63, 3.8) is 0 Å². The average molecular weight is 467 g/mol. The lowest BCUT2D eigenvalue weighted by Crippen LogP contribution is -2.44. The molecule has 34 heavy (non-hydrogen) atoms. The van der Waals surface area contributed by atoms with E-state index in [1.54, 1.807) is 0 Å². The topological polar surface area (TPSA) is 26.3 Å². The fourth-order valence-electron chi connectivity index (χ4n) is 7.67. The maximum absolute atomic E-state index is 13.7. The summed E-state index contributed by atoms with van der Waals surface area (Å²) in [4.78, 5) is 13.7. The Hall–Kier alpha value is -1.31. The molecule has 3 saturated carbocycles. The lowest BCUT2D eigenvalue weighted by Gasteiger charge is -2.44. The monoisotopic (exact) mass is 466 g/mol. The van der Waals surface area contributed by atoms with Gasteiger partial charge in [-0.05, 0) is 92.7 Å². The summed E-state index contributed by atoms with van der Waals surface area (Å²) >= 11 is 0. The molecule has 1 aromatic carbocycles. The zero-order valence-electron chi connectivity index (χ0n) is 22.2. The Labute approximate surface area is 209 Å². The van der Waals surface area contributed by atoms with E-state index >= 15 is 0 Å². The number of carbonyl (C=O) groups excluding carboxylic acids is 1. The summed E-state index contributed by atoms with van der Waals surface area (Å²) in [7, 11) is 0. The van der Waals surface area contributed by atoms with Crippen molar-refractivity contribution >= 4 is 5.97 Å². The van der Waals surface area contributed by atoms with Crippen LogP contribution in [0.25, 0.3) is 0 Å². The molecule has 0 unspecified atom stereocenters. The fraction of sp³-hybridized carbons (Fsp3) is 0.781. The normalized spacial score (nSPS) is 29.5. The second-order valence-corrected chi connectivity index (χ2v) is 12.0. The van der Waals surface area contributed by atoms with E-state index in [2.05, 4.69) is 38.1 Å². The first-order valence-corrected chi connectivity index (χ1v) is 15.0. The van der Waals surface area contributed by atoms with E-state index in [1.807, 2.05) is 0 Å². The van der Waals surface area contributed by atoms with Gasteiger partial charge in [-0.2, -0.15) is 0 Å². The molecule has 0 amide bonds. The maximum Gasteiger partial charge on any atom is 0.317 e. The summed E-state index contributed by atoms with van der Waals surface area (Å²) in [5.74, 6) is 3.87.